The lowest BCUT2D eigenvalue weighted by Crippen LogP contribution is -2.18. The van der Waals surface area contributed by atoms with Crippen LogP contribution in [0.5, 0.6) is 11.5 Å². The van der Waals surface area contributed by atoms with Crippen molar-refractivity contribution in [2.24, 2.45) is 0 Å². The lowest BCUT2D eigenvalue weighted by atomic mass is 10.2. The van der Waals surface area contributed by atoms with Crippen LogP contribution in [0.25, 0.3) is 11.5 Å². The van der Waals surface area contributed by atoms with Gasteiger partial charge in [0, 0.05) is 12.0 Å². The first-order valence-corrected chi connectivity index (χ1v) is 12.4. The van der Waals surface area contributed by atoms with E-state index in [-0.39, 0.29) is 12.0 Å². The number of hydrogen-bond acceptors (Lipinski definition) is 6. The number of nitrogens with one attached hydrogen (secondary N) is 1. The van der Waals surface area contributed by atoms with Crippen LogP contribution in [-0.2, 0) is 6.54 Å². The highest BCUT2D eigenvalue weighted by Crippen LogP contribution is 2.34. The van der Waals surface area contributed by atoms with Crippen molar-refractivity contribution < 1.29 is 9.47 Å². The number of fused-ring (bicyclic) bond motifs is 1. The van der Waals surface area contributed by atoms with Gasteiger partial charge in [-0.25, -0.2) is 15.0 Å². The Hall–Kier alpha value is -2.83. The Morgan fingerprint density at radius 1 is 1.03 bits per heavy atom. The molecule has 33 heavy (non-hydrogen) atoms. The maximum atomic E-state index is 6.30. The fraction of sp³-hybridized carbons (Fsp3) is 0.577. The minimum Gasteiger partial charge on any atom is -0.493 e. The molecule has 0 radical (unpaired) electrons. The topological polar surface area (TPSA) is 74.1 Å². The van der Waals surface area contributed by atoms with Crippen LogP contribution in [0.1, 0.15) is 82.5 Å². The van der Waals surface area contributed by atoms with Crippen molar-refractivity contribution in [3.63, 3.8) is 0 Å². The highest BCUT2D eigenvalue weighted by atomic mass is 16.5. The van der Waals surface area contributed by atoms with Crippen molar-refractivity contribution >= 4 is 5.82 Å². The van der Waals surface area contributed by atoms with E-state index in [0.29, 0.717) is 12.6 Å². The maximum absolute atomic E-state index is 6.30. The van der Waals surface area contributed by atoms with Crippen molar-refractivity contribution in [3.8, 4) is 23.0 Å². The van der Waals surface area contributed by atoms with Gasteiger partial charge in [-0.05, 0) is 56.2 Å². The van der Waals surface area contributed by atoms with Gasteiger partial charge in [-0.3, -0.25) is 0 Å². The fourth-order valence-electron chi connectivity index (χ4n) is 4.99. The second-order valence-corrected chi connectivity index (χ2v) is 9.77. The zero-order chi connectivity index (χ0) is 22.8. The molecule has 5 rings (SSSR count). The molecular formula is C26H35N5O2. The highest BCUT2D eigenvalue weighted by Gasteiger charge is 2.25. The van der Waals surface area contributed by atoms with Crippen LogP contribution < -0.4 is 14.8 Å². The number of imidazole rings is 1. The molecule has 1 N–H and O–H groups in total. The molecule has 0 spiro atoms. The van der Waals surface area contributed by atoms with Crippen LogP contribution in [0.15, 0.2) is 24.5 Å². The number of benzene rings is 1. The molecular weight excluding hydrogens is 414 g/mol. The van der Waals surface area contributed by atoms with Crippen LogP contribution >= 0.6 is 0 Å². The van der Waals surface area contributed by atoms with E-state index in [1.807, 2.05) is 12.4 Å². The quantitative estimate of drug-likeness (QED) is 0.480. The molecule has 2 aliphatic carbocycles. The Kier molecular flexibility index (Phi) is 6.38. The number of ether oxygens (including phenoxy) is 2. The van der Waals surface area contributed by atoms with E-state index in [2.05, 4.69) is 35.9 Å². The largest absolute Gasteiger partial charge is 0.493 e. The molecule has 0 saturated heterocycles. The Bertz CT molecular complexity index is 1050. The first kappa shape index (κ1) is 22.0. The Labute approximate surface area is 196 Å². The van der Waals surface area contributed by atoms with E-state index in [4.69, 9.17) is 24.4 Å². The molecule has 0 bridgehead atoms. The molecule has 0 atom stereocenters. The normalized spacial score (nSPS) is 17.3. The molecule has 2 saturated carbocycles. The molecule has 4 aliphatic rings. The molecule has 2 fully saturated rings. The molecule has 2 heterocycles. The van der Waals surface area contributed by atoms with Crippen LogP contribution in [0.2, 0.25) is 0 Å². The summed E-state index contributed by atoms with van der Waals surface area (Å²) in [5.74, 6) is 4.46. The summed E-state index contributed by atoms with van der Waals surface area (Å²) in [4.78, 5) is 14.5. The van der Waals surface area contributed by atoms with Crippen molar-refractivity contribution in [2.75, 3.05) is 12.4 Å². The van der Waals surface area contributed by atoms with E-state index in [9.17, 15) is 0 Å². The predicted octanol–water partition coefficient (Wildman–Crippen LogP) is 5.63. The summed E-state index contributed by atoms with van der Waals surface area (Å²) < 4.78 is 14.0. The molecule has 2 aliphatic heterocycles. The predicted molar refractivity (Wildman–Crippen MR) is 129 cm³/mol. The van der Waals surface area contributed by atoms with Gasteiger partial charge in [-0.15, -0.1) is 0 Å². The van der Waals surface area contributed by atoms with Gasteiger partial charge in [0.15, 0.2) is 28.8 Å². The highest BCUT2D eigenvalue weighted by molar-refractivity contribution is 5.68. The second-order valence-electron chi connectivity index (χ2n) is 9.77. The second kappa shape index (κ2) is 9.57. The maximum Gasteiger partial charge on any atom is 0.166 e. The summed E-state index contributed by atoms with van der Waals surface area (Å²) in [5.41, 5.74) is 1.99. The Balaban J connectivity index is 1.44. The van der Waals surface area contributed by atoms with Crippen LogP contribution in [0.3, 0.4) is 0 Å². The van der Waals surface area contributed by atoms with Crippen molar-refractivity contribution in [2.45, 2.75) is 89.8 Å². The lowest BCUT2D eigenvalue weighted by molar-refractivity contribution is 0.200. The monoisotopic (exact) mass is 449 g/mol. The van der Waals surface area contributed by atoms with Crippen molar-refractivity contribution in [1.29, 1.82) is 0 Å². The zero-order valence-electron chi connectivity index (χ0n) is 20.0. The van der Waals surface area contributed by atoms with Gasteiger partial charge in [0.25, 0.3) is 0 Å². The summed E-state index contributed by atoms with van der Waals surface area (Å²) in [5, 5.41) is 3.63. The molecule has 0 amide bonds. The number of anilines is 1. The van der Waals surface area contributed by atoms with E-state index in [0.717, 1.165) is 53.1 Å². The van der Waals surface area contributed by atoms with E-state index in [1.165, 1.54) is 38.5 Å². The third-order valence-corrected chi connectivity index (χ3v) is 6.87. The number of methoxy groups -OCH3 is 1. The van der Waals surface area contributed by atoms with Gasteiger partial charge in [0.2, 0.25) is 0 Å². The SMILES string of the molecule is COc1ccc(Cn2cnc(NC3CCCC3)c3nc(C(C)C)nc2-3)cc1OC1CCCC1. The molecule has 1 aromatic rings. The number of hydrogen-bond donors (Lipinski definition) is 1. The van der Waals surface area contributed by atoms with Gasteiger partial charge < -0.3 is 19.4 Å². The standard InChI is InChI=1S/C26H35N5O2/c1-17(2)24-29-23-25(28-19-8-4-5-9-19)27-16-31(26(23)30-24)15-18-12-13-21(32-3)22(14-18)33-20-10-6-7-11-20/h12-14,16-17,19-20,28H,4-11,15H2,1-3H3. The van der Waals surface area contributed by atoms with Crippen molar-refractivity contribution in [3.05, 3.63) is 35.9 Å². The Morgan fingerprint density at radius 2 is 1.79 bits per heavy atom. The van der Waals surface area contributed by atoms with Gasteiger partial charge in [0.1, 0.15) is 5.82 Å². The lowest BCUT2D eigenvalue weighted by Gasteiger charge is -2.19. The van der Waals surface area contributed by atoms with Gasteiger partial charge in [-0.2, -0.15) is 0 Å². The number of rotatable bonds is 8. The minimum absolute atomic E-state index is 0.262. The Morgan fingerprint density at radius 3 is 2.52 bits per heavy atom. The molecule has 0 unspecified atom stereocenters. The average Bonchev–Trinajstić information content (AvgIpc) is 3.58. The van der Waals surface area contributed by atoms with Gasteiger partial charge in [0.05, 0.1) is 26.1 Å². The summed E-state index contributed by atoms with van der Waals surface area (Å²) in [6.45, 7) is 4.91. The van der Waals surface area contributed by atoms with E-state index < -0.39 is 0 Å². The molecule has 0 aromatic heterocycles. The molecule has 176 valence electrons. The van der Waals surface area contributed by atoms with E-state index >= 15 is 0 Å². The minimum atomic E-state index is 0.262. The molecule has 7 nitrogen and oxygen atoms in total. The average molecular weight is 450 g/mol. The smallest absolute Gasteiger partial charge is 0.166 e. The summed E-state index contributed by atoms with van der Waals surface area (Å²) in [6.07, 6.45) is 11.8. The molecule has 7 heteroatoms. The summed E-state index contributed by atoms with van der Waals surface area (Å²) in [7, 11) is 1.70. The van der Waals surface area contributed by atoms with Crippen LogP contribution in [0, 0.1) is 0 Å². The number of aromatic nitrogens is 4. The molecule has 1 aromatic carbocycles. The first-order valence-electron chi connectivity index (χ1n) is 12.4. The number of nitrogens with zero attached hydrogens (tertiary/aromatic N) is 4. The van der Waals surface area contributed by atoms with Crippen LogP contribution in [-0.4, -0.2) is 38.8 Å². The van der Waals surface area contributed by atoms with Crippen molar-refractivity contribution in [1.82, 2.24) is 19.5 Å². The van der Waals surface area contributed by atoms with E-state index in [1.54, 1.807) is 7.11 Å². The summed E-state index contributed by atoms with van der Waals surface area (Å²) in [6, 6.07) is 6.66. The van der Waals surface area contributed by atoms with Gasteiger partial charge in [-0.1, -0.05) is 32.8 Å². The fourth-order valence-corrected chi connectivity index (χ4v) is 4.99. The first-order chi connectivity index (χ1) is 16.1. The zero-order valence-corrected chi connectivity index (χ0v) is 20.0. The van der Waals surface area contributed by atoms with Gasteiger partial charge >= 0.3 is 0 Å². The third-order valence-electron chi connectivity index (χ3n) is 6.87. The third kappa shape index (κ3) is 4.77. The summed E-state index contributed by atoms with van der Waals surface area (Å²) >= 11 is 0. The van der Waals surface area contributed by atoms with Crippen LogP contribution in [0.4, 0.5) is 5.82 Å².